The summed E-state index contributed by atoms with van der Waals surface area (Å²) in [6.07, 6.45) is 12.9. The highest BCUT2D eigenvalue weighted by atomic mass is 15.2. The summed E-state index contributed by atoms with van der Waals surface area (Å²) in [6, 6.07) is 67.2. The Morgan fingerprint density at radius 3 is 1.55 bits per heavy atom. The van der Waals surface area contributed by atoms with E-state index in [1.807, 2.05) is 0 Å². The fraction of sp³-hybridized carbons (Fsp3) is 0.0370. The van der Waals surface area contributed by atoms with Crippen molar-refractivity contribution < 1.29 is 0 Å². The number of allylic oxidation sites excluding steroid dienone is 7. The summed E-state index contributed by atoms with van der Waals surface area (Å²) in [4.78, 5) is 4.67. The van der Waals surface area contributed by atoms with Crippen molar-refractivity contribution in [3.63, 3.8) is 0 Å². The van der Waals surface area contributed by atoms with Gasteiger partial charge < -0.3 is 9.80 Å². The zero-order valence-electron chi connectivity index (χ0n) is 31.1. The van der Waals surface area contributed by atoms with Crippen LogP contribution < -0.4 is 9.80 Å². The average Bonchev–Trinajstić information content (AvgIpc) is 3.29. The summed E-state index contributed by atoms with van der Waals surface area (Å²) in [7, 11) is 0. The van der Waals surface area contributed by atoms with Crippen molar-refractivity contribution in [3.8, 4) is 22.3 Å². The van der Waals surface area contributed by atoms with E-state index < -0.39 is 0 Å². The van der Waals surface area contributed by atoms with E-state index in [0.717, 1.165) is 69.2 Å². The molecule has 0 spiro atoms. The Kier molecular flexibility index (Phi) is 9.81. The number of benzene rings is 7. The molecule has 0 N–H and O–H groups in total. The molecule has 0 saturated heterocycles. The van der Waals surface area contributed by atoms with Crippen molar-refractivity contribution in [2.24, 2.45) is 0 Å². The van der Waals surface area contributed by atoms with Crippen LogP contribution in [0.4, 0.5) is 28.4 Å². The SMILES string of the molecule is C1=C=CC(N(c2ccccc2)c2ccc(C3=CC=CCC3)cc2)=C(c2ccc(-c3ccccc3N(c3ccccc3)c3ccc(-c4ccccc4)cc3)cc2)C=1. The van der Waals surface area contributed by atoms with Gasteiger partial charge in [-0.05, 0) is 107 Å². The largest absolute Gasteiger partial charge is 0.310 e. The highest BCUT2D eigenvalue weighted by molar-refractivity contribution is 5.91. The Balaban J connectivity index is 1.09. The van der Waals surface area contributed by atoms with Gasteiger partial charge in [0.1, 0.15) is 0 Å². The minimum Gasteiger partial charge on any atom is -0.310 e. The van der Waals surface area contributed by atoms with Gasteiger partial charge in [-0.1, -0.05) is 163 Å². The van der Waals surface area contributed by atoms with Crippen LogP contribution in [0.25, 0.3) is 33.4 Å². The minimum atomic E-state index is 1.05. The first-order valence-corrected chi connectivity index (χ1v) is 19.2. The first-order valence-electron chi connectivity index (χ1n) is 19.2. The lowest BCUT2D eigenvalue weighted by Gasteiger charge is -2.29. The first kappa shape index (κ1) is 34.4. The second kappa shape index (κ2) is 15.9. The summed E-state index contributed by atoms with van der Waals surface area (Å²) < 4.78 is 0. The Hall–Kier alpha value is -7.34. The number of rotatable bonds is 10. The molecule has 0 heterocycles. The molecule has 0 bridgehead atoms. The summed E-state index contributed by atoms with van der Waals surface area (Å²) in [6.45, 7) is 0. The molecular formula is C54H40N2. The topological polar surface area (TPSA) is 6.48 Å². The lowest BCUT2D eigenvalue weighted by molar-refractivity contribution is 1.05. The van der Waals surface area contributed by atoms with Gasteiger partial charge in [0, 0.05) is 40.0 Å². The maximum absolute atomic E-state index is 3.27. The molecule has 0 atom stereocenters. The van der Waals surface area contributed by atoms with Crippen molar-refractivity contribution in [1.29, 1.82) is 0 Å². The molecule has 2 heteroatoms. The second-order valence-corrected chi connectivity index (χ2v) is 13.9. The fourth-order valence-electron chi connectivity index (χ4n) is 7.64. The quantitative estimate of drug-likeness (QED) is 0.130. The monoisotopic (exact) mass is 716 g/mol. The average molecular weight is 717 g/mol. The van der Waals surface area contributed by atoms with Crippen molar-refractivity contribution in [2.75, 3.05) is 9.80 Å². The maximum atomic E-state index is 3.27. The fourth-order valence-corrected chi connectivity index (χ4v) is 7.64. The third-order valence-corrected chi connectivity index (χ3v) is 10.4. The normalized spacial score (nSPS) is 13.1. The molecule has 0 aromatic heterocycles. The number of para-hydroxylation sites is 3. The molecular weight excluding hydrogens is 677 g/mol. The second-order valence-electron chi connectivity index (χ2n) is 13.9. The van der Waals surface area contributed by atoms with Gasteiger partial charge in [-0.3, -0.25) is 0 Å². The molecule has 56 heavy (non-hydrogen) atoms. The Morgan fingerprint density at radius 2 is 0.893 bits per heavy atom. The molecule has 0 fully saturated rings. The predicted octanol–water partition coefficient (Wildman–Crippen LogP) is 14.7. The van der Waals surface area contributed by atoms with Crippen molar-refractivity contribution in [2.45, 2.75) is 12.8 Å². The maximum Gasteiger partial charge on any atom is 0.0630 e. The molecule has 0 saturated carbocycles. The number of hydrogen-bond acceptors (Lipinski definition) is 2. The minimum absolute atomic E-state index is 1.05. The van der Waals surface area contributed by atoms with Crippen LogP contribution in [-0.4, -0.2) is 0 Å². The van der Waals surface area contributed by atoms with Gasteiger partial charge in [-0.15, -0.1) is 0 Å². The summed E-state index contributed by atoms with van der Waals surface area (Å²) in [5.41, 5.74) is 22.6. The molecule has 2 nitrogen and oxygen atoms in total. The predicted molar refractivity (Wildman–Crippen MR) is 236 cm³/mol. The van der Waals surface area contributed by atoms with E-state index in [1.54, 1.807) is 0 Å². The van der Waals surface area contributed by atoms with Crippen molar-refractivity contribution in [1.82, 2.24) is 0 Å². The van der Waals surface area contributed by atoms with Crippen molar-refractivity contribution in [3.05, 3.63) is 247 Å². The molecule has 0 radical (unpaired) electrons. The van der Waals surface area contributed by atoms with Gasteiger partial charge in [0.2, 0.25) is 0 Å². The molecule has 7 aromatic carbocycles. The first-order chi connectivity index (χ1) is 27.8. The van der Waals surface area contributed by atoms with E-state index in [-0.39, 0.29) is 0 Å². The molecule has 9 rings (SSSR count). The van der Waals surface area contributed by atoms with Gasteiger partial charge in [-0.2, -0.15) is 0 Å². The smallest absolute Gasteiger partial charge is 0.0630 e. The van der Waals surface area contributed by atoms with Crippen LogP contribution in [-0.2, 0) is 0 Å². The van der Waals surface area contributed by atoms with Gasteiger partial charge in [0.25, 0.3) is 0 Å². The van der Waals surface area contributed by atoms with E-state index in [2.05, 4.69) is 240 Å². The van der Waals surface area contributed by atoms with Gasteiger partial charge in [0.05, 0.1) is 11.4 Å². The van der Waals surface area contributed by atoms with Crippen LogP contribution in [0, 0.1) is 0 Å². The third kappa shape index (κ3) is 7.15. The molecule has 2 aliphatic carbocycles. The van der Waals surface area contributed by atoms with E-state index in [4.69, 9.17) is 0 Å². The Labute approximate surface area is 330 Å². The summed E-state index contributed by atoms with van der Waals surface area (Å²) in [5.74, 6) is 0. The number of hydrogen-bond donors (Lipinski definition) is 0. The Bertz CT molecular complexity index is 2650. The Morgan fingerprint density at radius 1 is 0.393 bits per heavy atom. The highest BCUT2D eigenvalue weighted by Crippen LogP contribution is 2.42. The molecule has 266 valence electrons. The van der Waals surface area contributed by atoms with Gasteiger partial charge in [0.15, 0.2) is 0 Å². The van der Waals surface area contributed by atoms with E-state index >= 15 is 0 Å². The molecule has 2 aliphatic rings. The summed E-state index contributed by atoms with van der Waals surface area (Å²) in [5, 5.41) is 0. The van der Waals surface area contributed by atoms with Crippen LogP contribution in [0.3, 0.4) is 0 Å². The zero-order valence-corrected chi connectivity index (χ0v) is 31.1. The molecule has 0 aliphatic heterocycles. The molecule has 7 aromatic rings. The van der Waals surface area contributed by atoms with E-state index in [0.29, 0.717) is 0 Å². The van der Waals surface area contributed by atoms with Crippen LogP contribution in [0.15, 0.2) is 236 Å². The summed E-state index contributed by atoms with van der Waals surface area (Å²) >= 11 is 0. The molecule has 0 unspecified atom stereocenters. The van der Waals surface area contributed by atoms with Crippen molar-refractivity contribution >= 4 is 39.6 Å². The van der Waals surface area contributed by atoms with E-state index in [9.17, 15) is 0 Å². The zero-order chi connectivity index (χ0) is 37.5. The standard InChI is InChI=1S/C54H40N2/c1-5-17-41(18-6-1)43-33-37-49(38-34-43)55(47-21-9-3-10-22-47)53-27-15-13-25-51(53)45-29-31-46(32-30-45)52-26-14-16-28-54(52)56(48-23-11-4-12-24-48)50-39-35-44(36-40-50)42-19-7-2-8-20-42/h1-7,9-13,15,17-19,21-40H,8,20H2. The van der Waals surface area contributed by atoms with E-state index in [1.165, 1.54) is 22.3 Å². The number of anilines is 5. The number of nitrogens with zero attached hydrogens (tertiary/aromatic N) is 2. The van der Waals surface area contributed by atoms with Crippen LogP contribution >= 0.6 is 0 Å². The van der Waals surface area contributed by atoms with Crippen LogP contribution in [0.1, 0.15) is 24.0 Å². The van der Waals surface area contributed by atoms with Crippen LogP contribution in [0.5, 0.6) is 0 Å². The lowest BCUT2D eigenvalue weighted by atomic mass is 9.95. The third-order valence-electron chi connectivity index (χ3n) is 10.4. The molecule has 0 amide bonds. The van der Waals surface area contributed by atoms with Gasteiger partial charge in [-0.25, -0.2) is 0 Å². The van der Waals surface area contributed by atoms with Gasteiger partial charge >= 0.3 is 0 Å². The highest BCUT2D eigenvalue weighted by Gasteiger charge is 2.20. The lowest BCUT2D eigenvalue weighted by Crippen LogP contribution is -2.17. The van der Waals surface area contributed by atoms with Crippen LogP contribution in [0.2, 0.25) is 0 Å².